The molecule has 2 saturated heterocycles. The van der Waals surface area contributed by atoms with Gasteiger partial charge in [-0.25, -0.2) is 4.39 Å². The third-order valence-electron chi connectivity index (χ3n) is 6.69. The molecule has 1 aromatic carbocycles. The van der Waals surface area contributed by atoms with Crippen LogP contribution < -0.4 is 21.3 Å². The number of benzene rings is 1. The highest BCUT2D eigenvalue weighted by Crippen LogP contribution is 2.32. The summed E-state index contributed by atoms with van der Waals surface area (Å²) >= 11 is 0. The molecule has 3 rings (SSSR count). The molecule has 182 valence electrons. The van der Waals surface area contributed by atoms with Crippen LogP contribution in [0, 0.1) is 17.2 Å². The molecule has 4 N–H and O–H groups in total. The number of rotatable bonds is 7. The first kappa shape index (κ1) is 25.1. The van der Waals surface area contributed by atoms with Gasteiger partial charge in [0.15, 0.2) is 0 Å². The van der Waals surface area contributed by atoms with E-state index in [1.165, 1.54) is 12.1 Å². The van der Waals surface area contributed by atoms with Crippen LogP contribution in [-0.4, -0.2) is 66.9 Å². The van der Waals surface area contributed by atoms with Crippen molar-refractivity contribution in [2.45, 2.75) is 64.8 Å². The van der Waals surface area contributed by atoms with Crippen LogP contribution in [0.2, 0.25) is 0 Å². The van der Waals surface area contributed by atoms with Gasteiger partial charge in [0.1, 0.15) is 11.9 Å². The van der Waals surface area contributed by atoms with Crippen molar-refractivity contribution >= 4 is 17.7 Å². The SMILES string of the molecule is CN[C@@H](C)C(=O)N[C@H](C(=O)N1CC[C@H]2NC[C@H](C(=O)NCc3ccc(F)cc3)[C@H]21)C(C)(C)C. The maximum Gasteiger partial charge on any atom is 0.246 e. The molecule has 2 aliphatic rings. The van der Waals surface area contributed by atoms with Gasteiger partial charge < -0.3 is 26.2 Å². The number of hydrogen-bond acceptors (Lipinski definition) is 5. The van der Waals surface area contributed by atoms with E-state index < -0.39 is 23.4 Å². The van der Waals surface area contributed by atoms with Gasteiger partial charge >= 0.3 is 0 Å². The largest absolute Gasteiger partial charge is 0.352 e. The highest BCUT2D eigenvalue weighted by molar-refractivity contribution is 5.91. The molecule has 9 heteroatoms. The van der Waals surface area contributed by atoms with E-state index in [1.54, 1.807) is 31.0 Å². The van der Waals surface area contributed by atoms with E-state index in [9.17, 15) is 18.8 Å². The number of hydrogen-bond donors (Lipinski definition) is 4. The Hall–Kier alpha value is -2.52. The van der Waals surface area contributed by atoms with Crippen LogP contribution in [-0.2, 0) is 20.9 Å². The summed E-state index contributed by atoms with van der Waals surface area (Å²) in [6, 6.07) is 4.65. The van der Waals surface area contributed by atoms with Gasteiger partial charge in [-0.15, -0.1) is 0 Å². The molecule has 33 heavy (non-hydrogen) atoms. The van der Waals surface area contributed by atoms with Crippen molar-refractivity contribution in [1.29, 1.82) is 0 Å². The Kier molecular flexibility index (Phi) is 7.74. The lowest BCUT2D eigenvalue weighted by molar-refractivity contribution is -0.142. The third kappa shape index (κ3) is 5.70. The minimum atomic E-state index is -0.705. The Balaban J connectivity index is 1.71. The van der Waals surface area contributed by atoms with E-state index in [0.29, 0.717) is 19.6 Å². The predicted molar refractivity (Wildman–Crippen MR) is 124 cm³/mol. The first-order valence-corrected chi connectivity index (χ1v) is 11.6. The predicted octanol–water partition coefficient (Wildman–Crippen LogP) is 0.770. The number of likely N-dealkylation sites (tertiary alicyclic amines) is 1. The average Bonchev–Trinajstić information content (AvgIpc) is 3.37. The zero-order chi connectivity index (χ0) is 24.3. The summed E-state index contributed by atoms with van der Waals surface area (Å²) in [5.41, 5.74) is 0.311. The van der Waals surface area contributed by atoms with Crippen LogP contribution in [0.5, 0.6) is 0 Å². The first-order valence-electron chi connectivity index (χ1n) is 11.6. The fourth-order valence-corrected chi connectivity index (χ4v) is 4.58. The van der Waals surface area contributed by atoms with Gasteiger partial charge in [-0.1, -0.05) is 32.9 Å². The number of nitrogens with one attached hydrogen (secondary N) is 4. The molecule has 8 nitrogen and oxygen atoms in total. The molecule has 0 unspecified atom stereocenters. The van der Waals surface area contributed by atoms with E-state index >= 15 is 0 Å². The molecule has 0 bridgehead atoms. The van der Waals surface area contributed by atoms with Crippen molar-refractivity contribution in [3.8, 4) is 0 Å². The third-order valence-corrected chi connectivity index (χ3v) is 6.69. The summed E-state index contributed by atoms with van der Waals surface area (Å²) in [6.07, 6.45) is 0.760. The molecule has 0 aliphatic carbocycles. The van der Waals surface area contributed by atoms with Crippen LogP contribution in [0.1, 0.15) is 39.7 Å². The average molecular weight is 462 g/mol. The van der Waals surface area contributed by atoms with Crippen LogP contribution in [0.15, 0.2) is 24.3 Å². The number of halogens is 1. The lowest BCUT2D eigenvalue weighted by Crippen LogP contribution is -2.59. The number of fused-ring (bicyclic) bond motifs is 1. The van der Waals surface area contributed by atoms with Gasteiger partial charge in [-0.3, -0.25) is 14.4 Å². The van der Waals surface area contributed by atoms with Gasteiger partial charge in [-0.2, -0.15) is 0 Å². The molecule has 5 atom stereocenters. The van der Waals surface area contributed by atoms with E-state index in [0.717, 1.165) is 12.0 Å². The molecule has 1 aromatic rings. The Bertz CT molecular complexity index is 870. The summed E-state index contributed by atoms with van der Waals surface area (Å²) in [5.74, 6) is -1.25. The molecule has 2 aliphatic heterocycles. The second-order valence-corrected chi connectivity index (χ2v) is 10.1. The Morgan fingerprint density at radius 3 is 2.48 bits per heavy atom. The molecule has 0 aromatic heterocycles. The molecule has 3 amide bonds. The van der Waals surface area contributed by atoms with Crippen LogP contribution >= 0.6 is 0 Å². The van der Waals surface area contributed by atoms with Crippen molar-refractivity contribution in [3.05, 3.63) is 35.6 Å². The van der Waals surface area contributed by atoms with E-state index in [-0.39, 0.29) is 35.6 Å². The van der Waals surface area contributed by atoms with Crippen LogP contribution in [0.4, 0.5) is 4.39 Å². The van der Waals surface area contributed by atoms with E-state index in [4.69, 9.17) is 0 Å². The standard InChI is InChI=1S/C24H36FN5O3/c1-14(26-5)21(31)29-20(24(2,3)4)23(33)30-11-10-18-19(30)17(13-27-18)22(32)28-12-15-6-8-16(25)9-7-15/h6-9,14,17-20,26-27H,10-13H2,1-5H3,(H,28,32)(H,29,31)/t14-,17-,18+,19+,20+/m0/s1. The second kappa shape index (κ2) is 10.2. The zero-order valence-electron chi connectivity index (χ0n) is 20.1. The summed E-state index contributed by atoms with van der Waals surface area (Å²) in [5, 5.41) is 12.1. The van der Waals surface area contributed by atoms with Crippen molar-refractivity contribution in [2.75, 3.05) is 20.1 Å². The minimum Gasteiger partial charge on any atom is -0.352 e. The summed E-state index contributed by atoms with van der Waals surface area (Å²) < 4.78 is 13.1. The van der Waals surface area contributed by atoms with Gasteiger partial charge in [-0.05, 0) is 43.5 Å². The number of carbonyl (C=O) groups is 3. The monoisotopic (exact) mass is 461 g/mol. The molecule has 2 heterocycles. The topological polar surface area (TPSA) is 103 Å². The Morgan fingerprint density at radius 1 is 1.21 bits per heavy atom. The number of amides is 3. The van der Waals surface area contributed by atoms with Gasteiger partial charge in [0.2, 0.25) is 17.7 Å². The number of likely N-dealkylation sites (N-methyl/N-ethyl adjacent to an activating group) is 1. The Morgan fingerprint density at radius 2 is 1.88 bits per heavy atom. The van der Waals surface area contributed by atoms with Gasteiger partial charge in [0.05, 0.1) is 18.0 Å². The highest BCUT2D eigenvalue weighted by atomic mass is 19.1. The lowest BCUT2D eigenvalue weighted by Gasteiger charge is -2.37. The first-order chi connectivity index (χ1) is 15.5. The van der Waals surface area contributed by atoms with Crippen molar-refractivity contribution in [2.24, 2.45) is 11.3 Å². The van der Waals surface area contributed by atoms with Crippen molar-refractivity contribution < 1.29 is 18.8 Å². The number of nitrogens with zero attached hydrogens (tertiary/aromatic N) is 1. The van der Waals surface area contributed by atoms with Gasteiger partial charge in [0.25, 0.3) is 0 Å². The van der Waals surface area contributed by atoms with E-state index in [2.05, 4.69) is 21.3 Å². The normalized spacial score (nSPS) is 24.2. The summed E-state index contributed by atoms with van der Waals surface area (Å²) in [4.78, 5) is 41.0. The molecule has 0 saturated carbocycles. The van der Waals surface area contributed by atoms with E-state index in [1.807, 2.05) is 20.8 Å². The van der Waals surface area contributed by atoms with Crippen molar-refractivity contribution in [3.63, 3.8) is 0 Å². The van der Waals surface area contributed by atoms with Gasteiger partial charge in [0, 0.05) is 25.7 Å². The molecule has 0 spiro atoms. The smallest absolute Gasteiger partial charge is 0.246 e. The highest BCUT2D eigenvalue weighted by Gasteiger charge is 2.51. The maximum atomic E-state index is 13.7. The Labute approximate surface area is 195 Å². The lowest BCUT2D eigenvalue weighted by atomic mass is 9.85. The molecular formula is C24H36FN5O3. The fraction of sp³-hybridized carbons (Fsp3) is 0.625. The molecule has 0 radical (unpaired) electrons. The van der Waals surface area contributed by atoms with Crippen LogP contribution in [0.3, 0.4) is 0 Å². The maximum absolute atomic E-state index is 13.7. The van der Waals surface area contributed by atoms with Crippen LogP contribution in [0.25, 0.3) is 0 Å². The quantitative estimate of drug-likeness (QED) is 0.481. The van der Waals surface area contributed by atoms with Crippen molar-refractivity contribution in [1.82, 2.24) is 26.2 Å². The molecular weight excluding hydrogens is 425 g/mol. The number of carbonyl (C=O) groups excluding carboxylic acids is 3. The fourth-order valence-electron chi connectivity index (χ4n) is 4.58. The zero-order valence-corrected chi connectivity index (χ0v) is 20.1. The second-order valence-electron chi connectivity index (χ2n) is 10.1. The summed E-state index contributed by atoms with van der Waals surface area (Å²) in [6.45, 7) is 8.83. The molecule has 2 fully saturated rings. The summed E-state index contributed by atoms with van der Waals surface area (Å²) in [7, 11) is 1.70. The minimum absolute atomic E-state index is 0.0445.